The zero-order valence-electron chi connectivity index (χ0n) is 7.40. The van der Waals surface area contributed by atoms with Gasteiger partial charge in [0.2, 0.25) is 0 Å². The van der Waals surface area contributed by atoms with E-state index in [0.29, 0.717) is 18.3 Å². The molecule has 1 heterocycles. The molecule has 72 valence electrons. The highest BCUT2D eigenvalue weighted by Crippen LogP contribution is 2.02. The molecule has 1 unspecified atom stereocenters. The Morgan fingerprint density at radius 2 is 2.54 bits per heavy atom. The average Bonchev–Trinajstić information content (AvgIpc) is 2.19. The average molecular weight is 202 g/mol. The Balaban J connectivity index is 2.46. The summed E-state index contributed by atoms with van der Waals surface area (Å²) in [4.78, 5) is 0. The fourth-order valence-electron chi connectivity index (χ4n) is 0.914. The molecule has 0 fully saturated rings. The van der Waals surface area contributed by atoms with Crippen LogP contribution in [0.1, 0.15) is 0 Å². The fraction of sp³-hybridized carbons (Fsp3) is 0.500. The van der Waals surface area contributed by atoms with Crippen LogP contribution >= 0.6 is 11.6 Å². The predicted octanol–water partition coefficient (Wildman–Crippen LogP) is 1.14. The molecule has 1 atom stereocenters. The molecule has 1 aromatic heterocycles. The van der Waals surface area contributed by atoms with E-state index in [0.717, 1.165) is 0 Å². The van der Waals surface area contributed by atoms with E-state index >= 15 is 0 Å². The van der Waals surface area contributed by atoms with Gasteiger partial charge in [0.05, 0.1) is 12.6 Å². The van der Waals surface area contributed by atoms with Crippen LogP contribution < -0.4 is 5.32 Å². The summed E-state index contributed by atoms with van der Waals surface area (Å²) < 4.78 is 4.97. The van der Waals surface area contributed by atoms with Crippen molar-refractivity contribution in [3.05, 3.63) is 18.3 Å². The molecule has 0 aliphatic rings. The molecule has 0 aliphatic heterocycles. The highest BCUT2D eigenvalue weighted by molar-refractivity contribution is 6.18. The van der Waals surface area contributed by atoms with Gasteiger partial charge in [-0.1, -0.05) is 0 Å². The van der Waals surface area contributed by atoms with Crippen molar-refractivity contribution in [2.24, 2.45) is 0 Å². The van der Waals surface area contributed by atoms with Crippen LogP contribution in [0.5, 0.6) is 0 Å². The summed E-state index contributed by atoms with van der Waals surface area (Å²) in [5, 5.41) is 10.7. The Labute approximate surface area is 82.3 Å². The second-order valence-corrected chi connectivity index (χ2v) is 2.87. The van der Waals surface area contributed by atoms with Crippen LogP contribution in [0.2, 0.25) is 0 Å². The smallest absolute Gasteiger partial charge is 0.148 e. The normalized spacial score (nSPS) is 12.5. The van der Waals surface area contributed by atoms with E-state index in [2.05, 4.69) is 15.5 Å². The van der Waals surface area contributed by atoms with Gasteiger partial charge in [0.15, 0.2) is 0 Å². The van der Waals surface area contributed by atoms with Crippen LogP contribution in [0.25, 0.3) is 0 Å². The maximum absolute atomic E-state index is 5.71. The van der Waals surface area contributed by atoms with Crippen LogP contribution in [0.4, 0.5) is 5.82 Å². The first kappa shape index (κ1) is 10.2. The van der Waals surface area contributed by atoms with Crippen LogP contribution in [0.3, 0.4) is 0 Å². The van der Waals surface area contributed by atoms with E-state index in [-0.39, 0.29) is 6.04 Å². The van der Waals surface area contributed by atoms with Crippen molar-refractivity contribution in [2.45, 2.75) is 6.04 Å². The van der Waals surface area contributed by atoms with Crippen LogP contribution in [0, 0.1) is 0 Å². The standard InChI is InChI=1S/C8H12ClN3O/c1-13-6-7(5-9)11-8-3-2-4-10-12-8/h2-4,7H,5-6H2,1H3,(H,11,12). The maximum atomic E-state index is 5.71. The maximum Gasteiger partial charge on any atom is 0.148 e. The van der Waals surface area contributed by atoms with E-state index in [9.17, 15) is 0 Å². The molecule has 0 amide bonds. The summed E-state index contributed by atoms with van der Waals surface area (Å²) in [5.41, 5.74) is 0. The highest BCUT2D eigenvalue weighted by atomic mass is 35.5. The molecule has 0 saturated heterocycles. The molecule has 0 saturated carbocycles. The van der Waals surface area contributed by atoms with Crippen molar-refractivity contribution >= 4 is 17.4 Å². The van der Waals surface area contributed by atoms with Gasteiger partial charge in [0, 0.05) is 19.2 Å². The number of aromatic nitrogens is 2. The van der Waals surface area contributed by atoms with Crippen molar-refractivity contribution < 1.29 is 4.74 Å². The monoisotopic (exact) mass is 201 g/mol. The molecule has 0 radical (unpaired) electrons. The van der Waals surface area contributed by atoms with Crippen molar-refractivity contribution in [3.63, 3.8) is 0 Å². The minimum atomic E-state index is 0.0726. The number of alkyl halides is 1. The van der Waals surface area contributed by atoms with Gasteiger partial charge in [-0.05, 0) is 12.1 Å². The molecule has 0 spiro atoms. The molecule has 1 N–H and O–H groups in total. The van der Waals surface area contributed by atoms with Gasteiger partial charge in [-0.3, -0.25) is 0 Å². The summed E-state index contributed by atoms with van der Waals surface area (Å²) in [5.74, 6) is 1.19. The third-order valence-electron chi connectivity index (χ3n) is 1.48. The third-order valence-corrected chi connectivity index (χ3v) is 1.85. The first-order valence-corrected chi connectivity index (χ1v) is 4.49. The second-order valence-electron chi connectivity index (χ2n) is 2.56. The number of ether oxygens (including phenoxy) is 1. The molecule has 4 nitrogen and oxygen atoms in total. The summed E-state index contributed by atoms with van der Waals surface area (Å²) in [6.45, 7) is 0.556. The van der Waals surface area contributed by atoms with E-state index in [1.807, 2.05) is 12.1 Å². The van der Waals surface area contributed by atoms with Gasteiger partial charge in [-0.15, -0.1) is 16.7 Å². The Bertz CT molecular complexity index is 232. The Hall–Kier alpha value is -0.870. The minimum Gasteiger partial charge on any atom is -0.383 e. The van der Waals surface area contributed by atoms with Crippen molar-refractivity contribution in [2.75, 3.05) is 24.9 Å². The highest BCUT2D eigenvalue weighted by Gasteiger charge is 2.06. The van der Waals surface area contributed by atoms with Gasteiger partial charge in [-0.2, -0.15) is 5.10 Å². The van der Waals surface area contributed by atoms with Crippen LogP contribution in [-0.2, 0) is 4.74 Å². The summed E-state index contributed by atoms with van der Waals surface area (Å²) >= 11 is 5.71. The van der Waals surface area contributed by atoms with Gasteiger partial charge >= 0.3 is 0 Å². The zero-order valence-corrected chi connectivity index (χ0v) is 8.16. The SMILES string of the molecule is COCC(CCl)Nc1cccnn1. The number of hydrogen-bond donors (Lipinski definition) is 1. The third kappa shape index (κ3) is 3.57. The van der Waals surface area contributed by atoms with Crippen LogP contribution in [-0.4, -0.2) is 35.8 Å². The number of halogens is 1. The number of anilines is 1. The first-order chi connectivity index (χ1) is 6.36. The largest absolute Gasteiger partial charge is 0.383 e. The number of rotatable bonds is 5. The summed E-state index contributed by atoms with van der Waals surface area (Å²) in [7, 11) is 1.64. The number of hydrogen-bond acceptors (Lipinski definition) is 4. The van der Waals surface area contributed by atoms with Gasteiger partial charge < -0.3 is 10.1 Å². The van der Waals surface area contributed by atoms with Crippen molar-refractivity contribution in [1.29, 1.82) is 0 Å². The fourth-order valence-corrected chi connectivity index (χ4v) is 1.08. The number of nitrogens with one attached hydrogen (secondary N) is 1. The Morgan fingerprint density at radius 1 is 1.69 bits per heavy atom. The lowest BCUT2D eigenvalue weighted by atomic mass is 10.3. The molecule has 13 heavy (non-hydrogen) atoms. The molecular weight excluding hydrogens is 190 g/mol. The van der Waals surface area contributed by atoms with Crippen molar-refractivity contribution in [3.8, 4) is 0 Å². The van der Waals surface area contributed by atoms with E-state index in [4.69, 9.17) is 16.3 Å². The number of methoxy groups -OCH3 is 1. The molecule has 1 rings (SSSR count). The van der Waals surface area contributed by atoms with Gasteiger partial charge in [0.1, 0.15) is 5.82 Å². The number of nitrogens with zero attached hydrogens (tertiary/aromatic N) is 2. The Kier molecular flexibility index (Phi) is 4.49. The molecular formula is C8H12ClN3O. The molecule has 0 aliphatic carbocycles. The quantitative estimate of drug-likeness (QED) is 0.726. The van der Waals surface area contributed by atoms with Gasteiger partial charge in [-0.25, -0.2) is 0 Å². The van der Waals surface area contributed by atoms with E-state index < -0.39 is 0 Å². The van der Waals surface area contributed by atoms with Gasteiger partial charge in [0.25, 0.3) is 0 Å². The molecule has 0 bridgehead atoms. The first-order valence-electron chi connectivity index (χ1n) is 3.96. The topological polar surface area (TPSA) is 47.0 Å². The minimum absolute atomic E-state index is 0.0726. The second kappa shape index (κ2) is 5.72. The van der Waals surface area contributed by atoms with E-state index in [1.54, 1.807) is 13.3 Å². The predicted molar refractivity (Wildman–Crippen MR) is 52.0 cm³/mol. The lowest BCUT2D eigenvalue weighted by Gasteiger charge is -2.14. The molecule has 5 heteroatoms. The summed E-state index contributed by atoms with van der Waals surface area (Å²) in [6.07, 6.45) is 1.62. The lowest BCUT2D eigenvalue weighted by molar-refractivity contribution is 0.191. The molecule has 1 aromatic rings. The van der Waals surface area contributed by atoms with Crippen molar-refractivity contribution in [1.82, 2.24) is 10.2 Å². The zero-order chi connectivity index (χ0) is 9.52. The lowest BCUT2D eigenvalue weighted by Crippen LogP contribution is -2.27. The molecule has 0 aromatic carbocycles. The van der Waals surface area contributed by atoms with E-state index in [1.165, 1.54) is 0 Å². The Morgan fingerprint density at radius 3 is 3.08 bits per heavy atom. The van der Waals surface area contributed by atoms with Crippen LogP contribution in [0.15, 0.2) is 18.3 Å². The summed E-state index contributed by atoms with van der Waals surface area (Å²) in [6, 6.07) is 3.72.